The zero-order valence-corrected chi connectivity index (χ0v) is 13.6. The quantitative estimate of drug-likeness (QED) is 0.737. The molecule has 0 saturated carbocycles. The molecule has 5 nitrogen and oxygen atoms in total. The molecular formula is C18H14ClNO4. The number of amides is 1. The second kappa shape index (κ2) is 6.37. The van der Waals surface area contributed by atoms with Crippen LogP contribution >= 0.6 is 11.6 Å². The number of fused-ring (bicyclic) bond motifs is 1. The lowest BCUT2D eigenvalue weighted by atomic mass is 9.99. The van der Waals surface area contributed by atoms with Crippen LogP contribution in [-0.4, -0.2) is 12.5 Å². The summed E-state index contributed by atoms with van der Waals surface area (Å²) in [6.45, 7) is 1.62. The van der Waals surface area contributed by atoms with Crippen LogP contribution in [0.2, 0.25) is 5.02 Å². The fourth-order valence-corrected chi connectivity index (χ4v) is 2.65. The summed E-state index contributed by atoms with van der Waals surface area (Å²) in [6, 6.07) is 11.9. The van der Waals surface area contributed by atoms with Crippen LogP contribution in [0.5, 0.6) is 5.75 Å². The summed E-state index contributed by atoms with van der Waals surface area (Å²) in [7, 11) is 0. The Morgan fingerprint density at radius 3 is 2.58 bits per heavy atom. The number of rotatable bonds is 4. The Bertz CT molecular complexity index is 977. The summed E-state index contributed by atoms with van der Waals surface area (Å²) in [4.78, 5) is 23.2. The first kappa shape index (κ1) is 16.1. The number of hydrogen-bond donors (Lipinski definition) is 1. The molecular weight excluding hydrogens is 330 g/mol. The van der Waals surface area contributed by atoms with E-state index in [0.29, 0.717) is 21.9 Å². The number of benzene rings is 2. The molecule has 24 heavy (non-hydrogen) atoms. The Balaban J connectivity index is 2.14. The van der Waals surface area contributed by atoms with Gasteiger partial charge in [-0.1, -0.05) is 23.7 Å². The Hall–Kier alpha value is -2.79. The highest BCUT2D eigenvalue weighted by atomic mass is 35.5. The predicted octanol–water partition coefficient (Wildman–Crippen LogP) is 3.29. The Kier molecular flexibility index (Phi) is 4.27. The highest BCUT2D eigenvalue weighted by Gasteiger charge is 2.14. The maximum atomic E-state index is 12.3. The molecule has 0 aliphatic heterocycles. The Labute approximate surface area is 142 Å². The Morgan fingerprint density at radius 2 is 1.92 bits per heavy atom. The lowest BCUT2D eigenvalue weighted by Crippen LogP contribution is -2.20. The van der Waals surface area contributed by atoms with Gasteiger partial charge in [0.05, 0.1) is 5.56 Å². The van der Waals surface area contributed by atoms with E-state index in [4.69, 9.17) is 26.5 Å². The third-order valence-electron chi connectivity index (χ3n) is 3.65. The van der Waals surface area contributed by atoms with Gasteiger partial charge >= 0.3 is 5.63 Å². The molecule has 2 aromatic carbocycles. The normalized spacial score (nSPS) is 10.8. The monoisotopic (exact) mass is 343 g/mol. The number of nitrogens with two attached hydrogens (primary N) is 1. The molecule has 3 aromatic rings. The van der Waals surface area contributed by atoms with E-state index in [9.17, 15) is 9.59 Å². The highest BCUT2D eigenvalue weighted by Crippen LogP contribution is 2.29. The van der Waals surface area contributed by atoms with Gasteiger partial charge < -0.3 is 14.9 Å². The van der Waals surface area contributed by atoms with Crippen LogP contribution in [0.4, 0.5) is 0 Å². The number of primary amides is 1. The van der Waals surface area contributed by atoms with E-state index in [-0.39, 0.29) is 6.61 Å². The van der Waals surface area contributed by atoms with E-state index in [1.165, 1.54) is 0 Å². The molecule has 0 fully saturated rings. The van der Waals surface area contributed by atoms with Gasteiger partial charge in [-0.15, -0.1) is 0 Å². The molecule has 0 radical (unpaired) electrons. The molecule has 1 aromatic heterocycles. The summed E-state index contributed by atoms with van der Waals surface area (Å²) in [5, 5.41) is 1.31. The van der Waals surface area contributed by atoms with Crippen molar-refractivity contribution in [3.63, 3.8) is 0 Å². The number of halogens is 1. The molecule has 3 rings (SSSR count). The third-order valence-corrected chi connectivity index (χ3v) is 3.90. The number of carbonyl (C=O) groups is 1. The van der Waals surface area contributed by atoms with Crippen molar-refractivity contribution in [3.8, 4) is 16.9 Å². The van der Waals surface area contributed by atoms with Gasteiger partial charge in [-0.2, -0.15) is 0 Å². The van der Waals surface area contributed by atoms with Gasteiger partial charge in [0.15, 0.2) is 6.61 Å². The van der Waals surface area contributed by atoms with Crippen LogP contribution in [0.15, 0.2) is 51.7 Å². The van der Waals surface area contributed by atoms with E-state index >= 15 is 0 Å². The van der Waals surface area contributed by atoms with Crippen LogP contribution in [0, 0.1) is 6.92 Å². The molecule has 0 saturated heterocycles. The topological polar surface area (TPSA) is 82.5 Å². The standard InChI is InChI=1S/C18H14ClNO4/c1-10-14-8-13(23-9-16(20)21)6-7-15(14)24-18(22)17(10)11-2-4-12(19)5-3-11/h2-8H,9H2,1H3,(H2,20,21). The van der Waals surface area contributed by atoms with Crippen molar-refractivity contribution in [3.05, 3.63) is 63.5 Å². The van der Waals surface area contributed by atoms with E-state index in [0.717, 1.165) is 16.5 Å². The summed E-state index contributed by atoms with van der Waals surface area (Å²) in [5.41, 5.74) is 7.04. The summed E-state index contributed by atoms with van der Waals surface area (Å²) >= 11 is 5.90. The summed E-state index contributed by atoms with van der Waals surface area (Å²) in [6.07, 6.45) is 0. The molecule has 0 unspecified atom stereocenters. The van der Waals surface area contributed by atoms with Gasteiger partial charge in [0.2, 0.25) is 0 Å². The minimum absolute atomic E-state index is 0.217. The average molecular weight is 344 g/mol. The molecule has 0 atom stereocenters. The van der Waals surface area contributed by atoms with E-state index in [2.05, 4.69) is 0 Å². The number of ether oxygens (including phenoxy) is 1. The van der Waals surface area contributed by atoms with Gasteiger partial charge in [0.1, 0.15) is 11.3 Å². The van der Waals surface area contributed by atoms with Gasteiger partial charge in [-0.25, -0.2) is 4.79 Å². The first-order valence-corrected chi connectivity index (χ1v) is 7.58. The fourth-order valence-electron chi connectivity index (χ4n) is 2.52. The molecule has 0 spiro atoms. The Morgan fingerprint density at radius 1 is 1.21 bits per heavy atom. The molecule has 0 aliphatic rings. The van der Waals surface area contributed by atoms with Crippen LogP contribution in [0.1, 0.15) is 5.56 Å². The SMILES string of the molecule is Cc1c(-c2ccc(Cl)cc2)c(=O)oc2ccc(OCC(N)=O)cc12. The summed E-state index contributed by atoms with van der Waals surface area (Å²) < 4.78 is 10.7. The fraction of sp³-hybridized carbons (Fsp3) is 0.111. The average Bonchev–Trinajstić information content (AvgIpc) is 2.55. The molecule has 1 heterocycles. The lowest BCUT2D eigenvalue weighted by Gasteiger charge is -2.10. The third kappa shape index (κ3) is 3.12. The van der Waals surface area contributed by atoms with Crippen LogP contribution in [0.25, 0.3) is 22.1 Å². The van der Waals surface area contributed by atoms with E-state index in [1.807, 2.05) is 6.92 Å². The van der Waals surface area contributed by atoms with Gasteiger partial charge in [0.25, 0.3) is 5.91 Å². The zero-order chi connectivity index (χ0) is 17.3. The van der Waals surface area contributed by atoms with Crippen LogP contribution in [0.3, 0.4) is 0 Å². The number of aryl methyl sites for hydroxylation is 1. The minimum atomic E-state index is -0.562. The van der Waals surface area contributed by atoms with Crippen LogP contribution < -0.4 is 16.1 Å². The largest absolute Gasteiger partial charge is 0.484 e. The molecule has 0 aliphatic carbocycles. The van der Waals surface area contributed by atoms with Crippen molar-refractivity contribution in [2.45, 2.75) is 6.92 Å². The van der Waals surface area contributed by atoms with Crippen molar-refractivity contribution in [1.29, 1.82) is 0 Å². The molecule has 2 N–H and O–H groups in total. The van der Waals surface area contributed by atoms with Crippen molar-refractivity contribution in [2.75, 3.05) is 6.61 Å². The van der Waals surface area contributed by atoms with Crippen molar-refractivity contribution >= 4 is 28.5 Å². The predicted molar refractivity (Wildman–Crippen MR) is 92.4 cm³/mol. The second-order valence-corrected chi connectivity index (χ2v) is 5.75. The van der Waals surface area contributed by atoms with Gasteiger partial charge in [0, 0.05) is 10.4 Å². The minimum Gasteiger partial charge on any atom is -0.484 e. The van der Waals surface area contributed by atoms with Crippen molar-refractivity contribution in [1.82, 2.24) is 0 Å². The van der Waals surface area contributed by atoms with Gasteiger partial charge in [-0.3, -0.25) is 4.79 Å². The van der Waals surface area contributed by atoms with E-state index < -0.39 is 11.5 Å². The molecule has 6 heteroatoms. The van der Waals surface area contributed by atoms with Gasteiger partial charge in [-0.05, 0) is 48.4 Å². The van der Waals surface area contributed by atoms with Crippen molar-refractivity contribution < 1.29 is 13.9 Å². The molecule has 122 valence electrons. The first-order chi connectivity index (χ1) is 11.5. The lowest BCUT2D eigenvalue weighted by molar-refractivity contribution is -0.119. The zero-order valence-electron chi connectivity index (χ0n) is 12.8. The number of carbonyl (C=O) groups excluding carboxylic acids is 1. The second-order valence-electron chi connectivity index (χ2n) is 5.31. The summed E-state index contributed by atoms with van der Waals surface area (Å²) in [5.74, 6) is -0.0893. The molecule has 0 bridgehead atoms. The maximum absolute atomic E-state index is 12.3. The van der Waals surface area contributed by atoms with E-state index in [1.54, 1.807) is 42.5 Å². The maximum Gasteiger partial charge on any atom is 0.344 e. The van der Waals surface area contributed by atoms with Crippen LogP contribution in [-0.2, 0) is 4.79 Å². The smallest absolute Gasteiger partial charge is 0.344 e. The molecule has 1 amide bonds. The first-order valence-electron chi connectivity index (χ1n) is 7.20. The number of hydrogen-bond acceptors (Lipinski definition) is 4. The highest BCUT2D eigenvalue weighted by molar-refractivity contribution is 6.30. The van der Waals surface area contributed by atoms with Crippen molar-refractivity contribution in [2.24, 2.45) is 5.73 Å².